The third-order valence-electron chi connectivity index (χ3n) is 1.51. The summed E-state index contributed by atoms with van der Waals surface area (Å²) in [6, 6.07) is 0. The normalized spacial score (nSPS) is 14.9. The van der Waals surface area contributed by atoms with Crippen LogP contribution < -0.4 is 4.89 Å². The molecule has 0 heterocycles. The summed E-state index contributed by atoms with van der Waals surface area (Å²) in [5.41, 5.74) is -0.113. The van der Waals surface area contributed by atoms with E-state index in [4.69, 9.17) is 9.59 Å². The van der Waals surface area contributed by atoms with Crippen molar-refractivity contribution in [3.8, 4) is 0 Å². The Labute approximate surface area is 73.8 Å². The quantitative estimate of drug-likeness (QED) is 0.348. The van der Waals surface area contributed by atoms with E-state index in [0.29, 0.717) is 12.8 Å². The van der Waals surface area contributed by atoms with Crippen molar-refractivity contribution < 1.29 is 23.6 Å². The van der Waals surface area contributed by atoms with Crippen LogP contribution in [0.15, 0.2) is 0 Å². The van der Waals surface area contributed by atoms with Gasteiger partial charge in [-0.2, -0.15) is 0 Å². The molecule has 0 spiro atoms. The van der Waals surface area contributed by atoms with Gasteiger partial charge in [0.15, 0.2) is 0 Å². The van der Waals surface area contributed by atoms with Gasteiger partial charge in [-0.3, -0.25) is 0 Å². The van der Waals surface area contributed by atoms with E-state index >= 15 is 0 Å². The third-order valence-corrected chi connectivity index (χ3v) is 3.25. The topological polar surface area (TPSA) is 89.8 Å². The maximum Gasteiger partial charge on any atom is 0.488 e. The zero-order chi connectivity index (χ0) is 9.56. The van der Waals surface area contributed by atoms with Gasteiger partial charge in [-0.05, 0) is 22.9 Å². The van der Waals surface area contributed by atoms with Crippen molar-refractivity contribution in [3.05, 3.63) is 0 Å². The Hall–Kier alpha value is 0.157. The van der Waals surface area contributed by atoms with Crippen LogP contribution in [-0.2, 0) is 9.09 Å². The fourth-order valence-corrected chi connectivity index (χ4v) is 1.51. The lowest BCUT2D eigenvalue weighted by atomic mass is 10.2. The second-order valence-electron chi connectivity index (χ2n) is 2.59. The first kappa shape index (κ1) is 12.2. The van der Waals surface area contributed by atoms with E-state index in [2.05, 4.69) is 4.52 Å². The summed E-state index contributed by atoms with van der Waals surface area (Å²) in [5, 5.41) is 0. The molecule has 0 radical (unpaired) electrons. The minimum absolute atomic E-state index is 0.113. The average Bonchev–Trinajstić information content (AvgIpc) is 1.97. The van der Waals surface area contributed by atoms with Crippen molar-refractivity contribution in [1.82, 2.24) is 0 Å². The van der Waals surface area contributed by atoms with Gasteiger partial charge >= 0.3 is 17.5 Å². The Kier molecular flexibility index (Phi) is 6.74. The Morgan fingerprint density at radius 3 is 2.67 bits per heavy atom. The van der Waals surface area contributed by atoms with Crippen LogP contribution in [0.2, 0.25) is 5.54 Å². The van der Waals surface area contributed by atoms with Crippen molar-refractivity contribution >= 4 is 17.5 Å². The van der Waals surface area contributed by atoms with Gasteiger partial charge in [-0.25, -0.2) is 0 Å². The maximum atomic E-state index is 9.90. The number of rotatable bonds is 6. The average molecular weight is 212 g/mol. The molecular formula is C5H13O5PSi. The molecule has 2 N–H and O–H groups in total. The molecule has 0 saturated carbocycles. The van der Waals surface area contributed by atoms with Gasteiger partial charge in [0.2, 0.25) is 0 Å². The summed E-state index contributed by atoms with van der Waals surface area (Å²) in [6.07, 6.45) is 1.13. The predicted octanol–water partition coefficient (Wildman–Crippen LogP) is -0.604. The van der Waals surface area contributed by atoms with Crippen molar-refractivity contribution in [2.24, 2.45) is 0 Å². The molecule has 0 aromatic rings. The van der Waals surface area contributed by atoms with Crippen LogP contribution in [0.5, 0.6) is 0 Å². The Balaban J connectivity index is 3.25. The third kappa shape index (κ3) is 6.84. The molecule has 0 aliphatic carbocycles. The molecule has 2 unspecified atom stereocenters. The molecule has 2 atom stereocenters. The van der Waals surface area contributed by atoms with E-state index in [-0.39, 0.29) is 12.1 Å². The van der Waals surface area contributed by atoms with Crippen LogP contribution in [0.1, 0.15) is 19.8 Å². The highest BCUT2D eigenvalue weighted by Gasteiger charge is 2.13. The molecule has 0 fully saturated rings. The maximum absolute atomic E-state index is 9.90. The monoisotopic (exact) mass is 212 g/mol. The van der Waals surface area contributed by atoms with Crippen LogP contribution in [0, 0.1) is 0 Å². The Bertz CT molecular complexity index is 142. The van der Waals surface area contributed by atoms with Crippen LogP contribution in [0.4, 0.5) is 0 Å². The van der Waals surface area contributed by atoms with E-state index in [1.807, 2.05) is 0 Å². The van der Waals surface area contributed by atoms with Gasteiger partial charge in [0.1, 0.15) is 6.61 Å². The second-order valence-corrected chi connectivity index (χ2v) is 5.26. The largest absolute Gasteiger partial charge is 0.566 e. The van der Waals surface area contributed by atoms with Crippen molar-refractivity contribution in [3.63, 3.8) is 0 Å². The Morgan fingerprint density at radius 1 is 1.67 bits per heavy atom. The minimum Gasteiger partial charge on any atom is -0.566 e. The van der Waals surface area contributed by atoms with E-state index < -0.39 is 17.5 Å². The fourth-order valence-electron chi connectivity index (χ4n) is 0.693. The lowest BCUT2D eigenvalue weighted by Crippen LogP contribution is -2.17. The zero-order valence-electron chi connectivity index (χ0n) is 6.84. The molecule has 12 heavy (non-hydrogen) atoms. The molecule has 0 aromatic heterocycles. The van der Waals surface area contributed by atoms with Crippen LogP contribution in [0.3, 0.4) is 0 Å². The molecule has 0 aliphatic rings. The van der Waals surface area contributed by atoms with Crippen LogP contribution in [-0.4, -0.2) is 25.5 Å². The fraction of sp³-hybridized carbons (Fsp3) is 1.00. The summed E-state index contributed by atoms with van der Waals surface area (Å²) in [5.74, 6) is 0. The molecule has 0 bridgehead atoms. The SMILES string of the molecule is CC(CCCO[P+](=O)[O-])[SiH](O)O. The van der Waals surface area contributed by atoms with Gasteiger partial charge in [-0.1, -0.05) is 6.92 Å². The molecule has 5 nitrogen and oxygen atoms in total. The van der Waals surface area contributed by atoms with Crippen molar-refractivity contribution in [2.45, 2.75) is 25.3 Å². The number of hydrogen-bond acceptors (Lipinski definition) is 5. The summed E-state index contributed by atoms with van der Waals surface area (Å²) >= 11 is 0. The standard InChI is InChI=1S/C5H13O5PSi/c1-5(12(8)9)3-2-4-10-11(6)7/h5,8-9,12H,2-4H2,1H3. The first-order valence-electron chi connectivity index (χ1n) is 3.67. The van der Waals surface area contributed by atoms with Gasteiger partial charge < -0.3 is 14.5 Å². The second kappa shape index (κ2) is 6.65. The first-order chi connectivity index (χ1) is 5.54. The summed E-state index contributed by atoms with van der Waals surface area (Å²) < 4.78 is 14.2. The highest BCUT2D eigenvalue weighted by Crippen LogP contribution is 2.16. The van der Waals surface area contributed by atoms with Gasteiger partial charge in [-0.15, -0.1) is 4.52 Å². The van der Waals surface area contributed by atoms with E-state index in [1.165, 1.54) is 0 Å². The van der Waals surface area contributed by atoms with Crippen molar-refractivity contribution in [2.75, 3.05) is 6.61 Å². The molecule has 72 valence electrons. The van der Waals surface area contributed by atoms with Crippen molar-refractivity contribution in [1.29, 1.82) is 0 Å². The number of hydrogen-bond donors (Lipinski definition) is 2. The highest BCUT2D eigenvalue weighted by molar-refractivity contribution is 7.30. The van der Waals surface area contributed by atoms with Crippen LogP contribution >= 0.6 is 8.25 Å². The van der Waals surface area contributed by atoms with Gasteiger partial charge in [0.25, 0.3) is 0 Å². The van der Waals surface area contributed by atoms with E-state index in [1.54, 1.807) is 6.92 Å². The van der Waals surface area contributed by atoms with E-state index in [9.17, 15) is 9.46 Å². The van der Waals surface area contributed by atoms with Gasteiger partial charge in [0.05, 0.1) is 0 Å². The zero-order valence-corrected chi connectivity index (χ0v) is 8.89. The molecule has 0 aromatic carbocycles. The minimum atomic E-state index is -2.76. The van der Waals surface area contributed by atoms with E-state index in [0.717, 1.165) is 0 Å². The summed E-state index contributed by atoms with van der Waals surface area (Å²) in [6.45, 7) is 1.86. The molecule has 0 amide bonds. The molecule has 0 aliphatic heterocycles. The molecule has 0 saturated heterocycles. The van der Waals surface area contributed by atoms with Crippen LogP contribution in [0.25, 0.3) is 0 Å². The highest BCUT2D eigenvalue weighted by atomic mass is 31.1. The predicted molar refractivity (Wildman–Crippen MR) is 43.8 cm³/mol. The Morgan fingerprint density at radius 2 is 2.25 bits per heavy atom. The molecule has 0 rings (SSSR count). The molecule has 7 heteroatoms. The summed E-state index contributed by atoms with van der Waals surface area (Å²) in [4.78, 5) is 27.4. The molecular weight excluding hydrogens is 199 g/mol. The smallest absolute Gasteiger partial charge is 0.488 e. The first-order valence-corrected chi connectivity index (χ1v) is 6.47. The lowest BCUT2D eigenvalue weighted by Gasteiger charge is -2.09. The summed E-state index contributed by atoms with van der Waals surface area (Å²) in [7, 11) is -5.30. The lowest BCUT2D eigenvalue weighted by molar-refractivity contribution is -0.185. The van der Waals surface area contributed by atoms with Gasteiger partial charge in [0, 0.05) is 0 Å².